The largest absolute Gasteiger partial charge is 0.307 e. The van der Waals surface area contributed by atoms with E-state index in [4.69, 9.17) is 0 Å². The van der Waals surface area contributed by atoms with E-state index in [1.165, 1.54) is 43.2 Å². The molecule has 0 aliphatic heterocycles. The molecule has 21 heavy (non-hydrogen) atoms. The molecule has 1 aliphatic carbocycles. The lowest BCUT2D eigenvalue weighted by Gasteiger charge is -2.41. The summed E-state index contributed by atoms with van der Waals surface area (Å²) in [6.45, 7) is 11.7. The average molecular weight is 287 g/mol. The first-order valence-corrected chi connectivity index (χ1v) is 8.73. The molecular formula is C20H33N. The molecule has 1 aromatic rings. The van der Waals surface area contributed by atoms with Gasteiger partial charge in [-0.3, -0.25) is 0 Å². The minimum absolute atomic E-state index is 0.435. The number of benzene rings is 1. The highest BCUT2D eigenvalue weighted by Crippen LogP contribution is 2.36. The molecule has 1 N–H and O–H groups in total. The fourth-order valence-electron chi connectivity index (χ4n) is 3.61. The Labute approximate surface area is 131 Å². The van der Waals surface area contributed by atoms with Crippen LogP contribution < -0.4 is 5.32 Å². The number of hydrogen-bond donors (Lipinski definition) is 1. The first-order chi connectivity index (χ1) is 9.88. The first kappa shape index (κ1) is 16.5. The molecule has 118 valence electrons. The van der Waals surface area contributed by atoms with Crippen LogP contribution in [0.15, 0.2) is 24.3 Å². The van der Waals surface area contributed by atoms with E-state index in [0.29, 0.717) is 17.5 Å². The monoisotopic (exact) mass is 287 g/mol. The van der Waals surface area contributed by atoms with Crippen molar-refractivity contribution in [2.75, 3.05) is 0 Å². The predicted octanol–water partition coefficient (Wildman–Crippen LogP) is 5.50. The van der Waals surface area contributed by atoms with Gasteiger partial charge in [0.2, 0.25) is 0 Å². The lowest BCUT2D eigenvalue weighted by molar-refractivity contribution is 0.157. The van der Waals surface area contributed by atoms with Gasteiger partial charge in [-0.15, -0.1) is 0 Å². The summed E-state index contributed by atoms with van der Waals surface area (Å²) >= 11 is 0. The molecule has 2 atom stereocenters. The van der Waals surface area contributed by atoms with E-state index in [-0.39, 0.29) is 0 Å². The van der Waals surface area contributed by atoms with Crippen LogP contribution in [-0.4, -0.2) is 6.04 Å². The lowest BCUT2D eigenvalue weighted by atomic mass is 9.73. The molecule has 1 aromatic carbocycles. The highest BCUT2D eigenvalue weighted by atomic mass is 15.0. The van der Waals surface area contributed by atoms with Crippen molar-refractivity contribution in [3.8, 4) is 0 Å². The van der Waals surface area contributed by atoms with E-state index in [1.54, 1.807) is 0 Å². The van der Waals surface area contributed by atoms with Gasteiger partial charge in [-0.05, 0) is 48.6 Å². The third-order valence-electron chi connectivity index (χ3n) is 5.08. The SMILES string of the molecule is CC(C)Cc1ccc(C(C)NC2CCCCC2(C)C)cc1. The second-order valence-electron chi connectivity index (χ2n) is 8.01. The van der Waals surface area contributed by atoms with E-state index < -0.39 is 0 Å². The molecule has 0 aromatic heterocycles. The topological polar surface area (TPSA) is 12.0 Å². The first-order valence-electron chi connectivity index (χ1n) is 8.73. The Morgan fingerprint density at radius 3 is 2.33 bits per heavy atom. The van der Waals surface area contributed by atoms with Gasteiger partial charge >= 0.3 is 0 Å². The lowest BCUT2D eigenvalue weighted by Crippen LogP contribution is -2.45. The van der Waals surface area contributed by atoms with Crippen LogP contribution in [0.25, 0.3) is 0 Å². The van der Waals surface area contributed by atoms with Crippen molar-refractivity contribution in [1.29, 1.82) is 0 Å². The second kappa shape index (κ2) is 6.96. The van der Waals surface area contributed by atoms with Crippen molar-refractivity contribution in [2.45, 2.75) is 78.8 Å². The van der Waals surface area contributed by atoms with Crippen LogP contribution in [0.4, 0.5) is 0 Å². The van der Waals surface area contributed by atoms with Crippen molar-refractivity contribution in [2.24, 2.45) is 11.3 Å². The zero-order chi connectivity index (χ0) is 15.5. The molecule has 0 amide bonds. The zero-order valence-corrected chi connectivity index (χ0v) is 14.6. The maximum Gasteiger partial charge on any atom is 0.0294 e. The van der Waals surface area contributed by atoms with Gasteiger partial charge in [0.1, 0.15) is 0 Å². The Kier molecular flexibility index (Phi) is 5.48. The molecular weight excluding hydrogens is 254 g/mol. The summed E-state index contributed by atoms with van der Waals surface area (Å²) in [5.41, 5.74) is 3.31. The molecule has 1 heteroatoms. The van der Waals surface area contributed by atoms with Crippen LogP contribution in [0, 0.1) is 11.3 Å². The minimum atomic E-state index is 0.435. The van der Waals surface area contributed by atoms with Crippen LogP contribution in [0.2, 0.25) is 0 Å². The number of nitrogens with one attached hydrogen (secondary N) is 1. The molecule has 1 fully saturated rings. The smallest absolute Gasteiger partial charge is 0.0294 e. The van der Waals surface area contributed by atoms with Crippen LogP contribution in [-0.2, 0) is 6.42 Å². The Balaban J connectivity index is 1.98. The van der Waals surface area contributed by atoms with E-state index in [0.717, 1.165) is 5.92 Å². The maximum atomic E-state index is 3.89. The molecule has 2 rings (SSSR count). The Bertz CT molecular complexity index is 430. The summed E-state index contributed by atoms with van der Waals surface area (Å²) in [5, 5.41) is 3.89. The van der Waals surface area contributed by atoms with Crippen molar-refractivity contribution in [3.05, 3.63) is 35.4 Å². The summed E-state index contributed by atoms with van der Waals surface area (Å²) in [6, 6.07) is 10.3. The van der Waals surface area contributed by atoms with Crippen molar-refractivity contribution < 1.29 is 0 Å². The van der Waals surface area contributed by atoms with Gasteiger partial charge < -0.3 is 5.32 Å². The fourth-order valence-corrected chi connectivity index (χ4v) is 3.61. The Morgan fingerprint density at radius 2 is 1.76 bits per heavy atom. The molecule has 1 saturated carbocycles. The summed E-state index contributed by atoms with van der Waals surface area (Å²) in [7, 11) is 0. The van der Waals surface area contributed by atoms with Crippen LogP contribution in [0.3, 0.4) is 0 Å². The van der Waals surface area contributed by atoms with Gasteiger partial charge in [0.15, 0.2) is 0 Å². The molecule has 0 bridgehead atoms. The van der Waals surface area contributed by atoms with E-state index >= 15 is 0 Å². The third-order valence-corrected chi connectivity index (χ3v) is 5.08. The zero-order valence-electron chi connectivity index (χ0n) is 14.6. The Morgan fingerprint density at radius 1 is 1.10 bits per heavy atom. The van der Waals surface area contributed by atoms with Crippen LogP contribution in [0.5, 0.6) is 0 Å². The predicted molar refractivity (Wildman–Crippen MR) is 92.6 cm³/mol. The second-order valence-corrected chi connectivity index (χ2v) is 8.01. The molecule has 1 nitrogen and oxygen atoms in total. The normalized spacial score (nSPS) is 23.2. The molecule has 1 aliphatic rings. The van der Waals surface area contributed by atoms with Crippen molar-refractivity contribution in [1.82, 2.24) is 5.32 Å². The van der Waals surface area contributed by atoms with Gasteiger partial charge in [0.05, 0.1) is 0 Å². The minimum Gasteiger partial charge on any atom is -0.307 e. The van der Waals surface area contributed by atoms with Crippen molar-refractivity contribution in [3.63, 3.8) is 0 Å². The maximum absolute atomic E-state index is 3.89. The van der Waals surface area contributed by atoms with Gasteiger partial charge in [0.25, 0.3) is 0 Å². The van der Waals surface area contributed by atoms with Gasteiger partial charge in [-0.2, -0.15) is 0 Å². The Hall–Kier alpha value is -0.820. The quantitative estimate of drug-likeness (QED) is 0.753. The summed E-state index contributed by atoms with van der Waals surface area (Å²) in [5.74, 6) is 0.731. The van der Waals surface area contributed by atoms with Gasteiger partial charge in [-0.1, -0.05) is 64.8 Å². The molecule has 0 heterocycles. The van der Waals surface area contributed by atoms with Crippen LogP contribution >= 0.6 is 0 Å². The summed E-state index contributed by atoms with van der Waals surface area (Å²) in [4.78, 5) is 0. The highest BCUT2D eigenvalue weighted by Gasteiger charge is 2.32. The van der Waals surface area contributed by atoms with Crippen molar-refractivity contribution >= 4 is 0 Å². The molecule has 0 saturated heterocycles. The van der Waals surface area contributed by atoms with E-state index in [2.05, 4.69) is 64.2 Å². The van der Waals surface area contributed by atoms with E-state index in [9.17, 15) is 0 Å². The third kappa shape index (κ3) is 4.57. The molecule has 2 unspecified atom stereocenters. The summed E-state index contributed by atoms with van der Waals surface area (Å²) in [6.07, 6.45) is 6.62. The molecule has 0 radical (unpaired) electrons. The standard InChI is InChI=1S/C20H33N/c1-15(2)14-17-9-11-18(12-10-17)16(3)21-19-8-6-7-13-20(19,4)5/h9-12,15-16,19,21H,6-8,13-14H2,1-5H3. The van der Waals surface area contributed by atoms with Gasteiger partial charge in [-0.25, -0.2) is 0 Å². The summed E-state index contributed by atoms with van der Waals surface area (Å²) < 4.78 is 0. The fraction of sp³-hybridized carbons (Fsp3) is 0.700. The van der Waals surface area contributed by atoms with E-state index in [1.807, 2.05) is 0 Å². The average Bonchev–Trinajstić information content (AvgIpc) is 2.41. The van der Waals surface area contributed by atoms with Crippen LogP contribution in [0.1, 0.15) is 77.5 Å². The number of rotatable bonds is 5. The molecule has 0 spiro atoms. The van der Waals surface area contributed by atoms with Gasteiger partial charge in [0, 0.05) is 12.1 Å². The highest BCUT2D eigenvalue weighted by molar-refractivity contribution is 5.25. The number of hydrogen-bond acceptors (Lipinski definition) is 1.